The molecule has 2 aliphatic carbocycles. The van der Waals surface area contributed by atoms with Crippen molar-refractivity contribution in [2.75, 3.05) is 6.54 Å². The van der Waals surface area contributed by atoms with E-state index in [1.807, 2.05) is 25.1 Å². The van der Waals surface area contributed by atoms with Gasteiger partial charge in [0.15, 0.2) is 0 Å². The number of nitrogens with one attached hydrogen (secondary N) is 1. The van der Waals surface area contributed by atoms with Crippen LogP contribution in [-0.4, -0.2) is 23.2 Å². The first kappa shape index (κ1) is 20.9. The highest BCUT2D eigenvalue weighted by molar-refractivity contribution is 5.75. The monoisotopic (exact) mass is 407 g/mol. The van der Waals surface area contributed by atoms with E-state index in [1.54, 1.807) is 0 Å². The van der Waals surface area contributed by atoms with Gasteiger partial charge in [0.1, 0.15) is 12.4 Å². The molecule has 2 N–H and O–H groups in total. The zero-order valence-corrected chi connectivity index (χ0v) is 18.0. The molecule has 4 nitrogen and oxygen atoms in total. The van der Waals surface area contributed by atoms with Gasteiger partial charge in [0.05, 0.1) is 5.60 Å². The molecule has 160 valence electrons. The highest BCUT2D eigenvalue weighted by Crippen LogP contribution is 2.55. The maximum Gasteiger partial charge on any atom is 0.219 e. The molecule has 4 heteroatoms. The van der Waals surface area contributed by atoms with E-state index >= 15 is 0 Å². The maximum atomic E-state index is 11.8. The summed E-state index contributed by atoms with van der Waals surface area (Å²) in [5.74, 6) is 0.922. The maximum absolute atomic E-state index is 11.8. The van der Waals surface area contributed by atoms with Crippen LogP contribution in [0.15, 0.2) is 48.5 Å². The molecule has 2 unspecified atom stereocenters. The number of hydrogen-bond acceptors (Lipinski definition) is 3. The molecular formula is C26H33NO3. The number of aryl methyl sites for hydroxylation is 1. The molecule has 30 heavy (non-hydrogen) atoms. The van der Waals surface area contributed by atoms with Gasteiger partial charge in [0.25, 0.3) is 0 Å². The molecule has 0 saturated heterocycles. The molecule has 1 saturated carbocycles. The van der Waals surface area contributed by atoms with Crippen LogP contribution in [0.5, 0.6) is 5.75 Å². The van der Waals surface area contributed by atoms with Gasteiger partial charge >= 0.3 is 0 Å². The first-order valence-corrected chi connectivity index (χ1v) is 11.4. The SMILES string of the molecule is CCC(=O)NCCC12CCCCC1(O)CCc1ccc(OCc3ccccc3)cc12. The standard InChI is InChI=1S/C26H33NO3/c1-2-24(28)27-17-16-25-13-6-7-14-26(25,29)15-12-21-10-11-22(18-23(21)25)30-19-20-8-4-3-5-9-20/h3-5,8-11,18,29H,2,6-7,12-17,19H2,1H3,(H,27,28). The normalized spacial score (nSPS) is 25.1. The van der Waals surface area contributed by atoms with E-state index < -0.39 is 5.60 Å². The van der Waals surface area contributed by atoms with Gasteiger partial charge in [-0.3, -0.25) is 4.79 Å². The van der Waals surface area contributed by atoms with Crippen molar-refractivity contribution in [3.8, 4) is 5.75 Å². The van der Waals surface area contributed by atoms with Gasteiger partial charge in [0.2, 0.25) is 5.91 Å². The predicted octanol–water partition coefficient (Wildman–Crippen LogP) is 4.67. The molecule has 1 amide bonds. The fourth-order valence-electron chi connectivity index (χ4n) is 5.49. The summed E-state index contributed by atoms with van der Waals surface area (Å²) in [6.07, 6.45) is 6.93. The summed E-state index contributed by atoms with van der Waals surface area (Å²) in [6, 6.07) is 16.6. The summed E-state index contributed by atoms with van der Waals surface area (Å²) >= 11 is 0. The van der Waals surface area contributed by atoms with E-state index in [9.17, 15) is 9.90 Å². The number of benzene rings is 2. The number of aliphatic hydroxyl groups is 1. The Morgan fingerprint density at radius 2 is 1.90 bits per heavy atom. The van der Waals surface area contributed by atoms with Crippen LogP contribution in [0.25, 0.3) is 0 Å². The number of hydrogen-bond donors (Lipinski definition) is 2. The summed E-state index contributed by atoms with van der Waals surface area (Å²) in [5.41, 5.74) is 2.67. The van der Waals surface area contributed by atoms with Crippen molar-refractivity contribution in [2.45, 2.75) is 75.9 Å². The average molecular weight is 408 g/mol. The molecular weight excluding hydrogens is 374 g/mol. The van der Waals surface area contributed by atoms with Gasteiger partial charge in [-0.05, 0) is 60.9 Å². The molecule has 0 heterocycles. The van der Waals surface area contributed by atoms with E-state index in [4.69, 9.17) is 4.74 Å². The molecule has 1 fully saturated rings. The fourth-order valence-corrected chi connectivity index (χ4v) is 5.49. The summed E-state index contributed by atoms with van der Waals surface area (Å²) in [5, 5.41) is 14.8. The summed E-state index contributed by atoms with van der Waals surface area (Å²) in [6.45, 7) is 3.00. The lowest BCUT2D eigenvalue weighted by Crippen LogP contribution is -2.57. The summed E-state index contributed by atoms with van der Waals surface area (Å²) in [4.78, 5) is 11.8. The second-order valence-electron chi connectivity index (χ2n) is 8.87. The lowest BCUT2D eigenvalue weighted by Gasteiger charge is -2.55. The van der Waals surface area contributed by atoms with Gasteiger partial charge in [-0.15, -0.1) is 0 Å². The number of ether oxygens (including phenoxy) is 1. The second kappa shape index (κ2) is 8.81. The fraction of sp³-hybridized carbons (Fsp3) is 0.500. The van der Waals surface area contributed by atoms with Gasteiger partial charge < -0.3 is 15.2 Å². The zero-order chi connectivity index (χ0) is 21.0. The smallest absolute Gasteiger partial charge is 0.219 e. The third kappa shape index (κ3) is 3.98. The Hall–Kier alpha value is -2.33. The molecule has 0 aliphatic heterocycles. The predicted molar refractivity (Wildman–Crippen MR) is 119 cm³/mol. The van der Waals surface area contributed by atoms with E-state index in [-0.39, 0.29) is 11.3 Å². The van der Waals surface area contributed by atoms with Crippen molar-refractivity contribution < 1.29 is 14.6 Å². The largest absolute Gasteiger partial charge is 0.489 e. The van der Waals surface area contributed by atoms with Crippen LogP contribution in [0, 0.1) is 0 Å². The van der Waals surface area contributed by atoms with Gasteiger partial charge in [0, 0.05) is 18.4 Å². The summed E-state index contributed by atoms with van der Waals surface area (Å²) in [7, 11) is 0. The Bertz CT molecular complexity index is 881. The number of fused-ring (bicyclic) bond motifs is 3. The highest BCUT2D eigenvalue weighted by atomic mass is 16.5. The van der Waals surface area contributed by atoms with Crippen molar-refractivity contribution in [2.24, 2.45) is 0 Å². The molecule has 0 radical (unpaired) electrons. The van der Waals surface area contributed by atoms with E-state index in [2.05, 4.69) is 35.6 Å². The van der Waals surface area contributed by atoms with Crippen molar-refractivity contribution >= 4 is 5.91 Å². The van der Waals surface area contributed by atoms with Crippen molar-refractivity contribution in [1.82, 2.24) is 5.32 Å². The summed E-state index contributed by atoms with van der Waals surface area (Å²) < 4.78 is 6.12. The van der Waals surface area contributed by atoms with Crippen LogP contribution in [-0.2, 0) is 23.2 Å². The third-order valence-corrected chi connectivity index (χ3v) is 7.18. The zero-order valence-electron chi connectivity index (χ0n) is 18.0. The second-order valence-corrected chi connectivity index (χ2v) is 8.87. The Balaban J connectivity index is 1.62. The Morgan fingerprint density at radius 3 is 2.70 bits per heavy atom. The molecule has 4 rings (SSSR count). The quantitative estimate of drug-likeness (QED) is 0.701. The number of carbonyl (C=O) groups excluding carboxylic acids is 1. The van der Waals surface area contributed by atoms with Crippen LogP contribution in [0.3, 0.4) is 0 Å². The average Bonchev–Trinajstić information content (AvgIpc) is 2.78. The molecule has 0 aromatic heterocycles. The van der Waals surface area contributed by atoms with Gasteiger partial charge in [-0.1, -0.05) is 56.2 Å². The molecule has 0 spiro atoms. The van der Waals surface area contributed by atoms with Crippen LogP contribution in [0.1, 0.15) is 68.6 Å². The minimum absolute atomic E-state index is 0.0710. The van der Waals surface area contributed by atoms with Gasteiger partial charge in [-0.2, -0.15) is 0 Å². The lowest BCUT2D eigenvalue weighted by atomic mass is 9.53. The first-order chi connectivity index (χ1) is 14.6. The molecule has 2 aliphatic rings. The van der Waals surface area contributed by atoms with E-state index in [0.29, 0.717) is 19.6 Å². The Morgan fingerprint density at radius 1 is 1.10 bits per heavy atom. The van der Waals surface area contributed by atoms with Crippen LogP contribution in [0.2, 0.25) is 0 Å². The Labute approximate surface area is 179 Å². The Kier molecular flexibility index (Phi) is 6.14. The number of rotatable bonds is 7. The van der Waals surface area contributed by atoms with Crippen molar-refractivity contribution in [1.29, 1.82) is 0 Å². The van der Waals surface area contributed by atoms with Gasteiger partial charge in [-0.25, -0.2) is 0 Å². The highest BCUT2D eigenvalue weighted by Gasteiger charge is 2.54. The van der Waals surface area contributed by atoms with Crippen molar-refractivity contribution in [3.63, 3.8) is 0 Å². The lowest BCUT2D eigenvalue weighted by molar-refractivity contribution is -0.121. The first-order valence-electron chi connectivity index (χ1n) is 11.4. The minimum atomic E-state index is -0.701. The molecule has 2 atom stereocenters. The van der Waals surface area contributed by atoms with E-state index in [0.717, 1.165) is 56.3 Å². The number of carbonyl (C=O) groups is 1. The molecule has 2 aromatic rings. The van der Waals surface area contributed by atoms with Crippen molar-refractivity contribution in [3.05, 3.63) is 65.2 Å². The minimum Gasteiger partial charge on any atom is -0.489 e. The third-order valence-electron chi connectivity index (χ3n) is 7.18. The van der Waals surface area contributed by atoms with E-state index in [1.165, 1.54) is 11.1 Å². The topological polar surface area (TPSA) is 58.6 Å². The van der Waals surface area contributed by atoms with Crippen LogP contribution < -0.4 is 10.1 Å². The van der Waals surface area contributed by atoms with Crippen LogP contribution >= 0.6 is 0 Å². The molecule has 0 bridgehead atoms. The van der Waals surface area contributed by atoms with Crippen LogP contribution in [0.4, 0.5) is 0 Å². The molecule has 2 aromatic carbocycles. The number of amides is 1.